The van der Waals surface area contributed by atoms with Crippen LogP contribution in [-0.2, 0) is 5.75 Å². The van der Waals surface area contributed by atoms with Crippen molar-refractivity contribution in [2.75, 3.05) is 5.32 Å². The lowest BCUT2D eigenvalue weighted by atomic mass is 10.1. The highest BCUT2D eigenvalue weighted by Crippen LogP contribution is 2.23. The Hall–Kier alpha value is -3.04. The van der Waals surface area contributed by atoms with Crippen molar-refractivity contribution < 1.29 is 9.18 Å². The number of carbonyl (C=O) groups excluding carboxylic acids is 1. The van der Waals surface area contributed by atoms with Gasteiger partial charge in [-0.05, 0) is 83.1 Å². The number of benzene rings is 3. The van der Waals surface area contributed by atoms with Crippen LogP contribution in [0.15, 0.2) is 76.4 Å². The molecular weight excluding hydrogens is 481 g/mol. The number of hydrogen-bond acceptors (Lipinski definition) is 5. The van der Waals surface area contributed by atoms with Crippen LogP contribution in [-0.4, -0.2) is 26.1 Å². The molecule has 0 atom stereocenters. The number of aromatic nitrogens is 4. The van der Waals surface area contributed by atoms with Crippen LogP contribution in [0.4, 0.5) is 10.1 Å². The first-order valence-electron chi connectivity index (χ1n) is 9.33. The standard InChI is InChI=1S/C22H17BrFN5OS/c1-14-12-18(8-11-20(14)23)25-21(30)16-4-9-19(10-5-16)29-22(26-27-28-29)31-13-15-2-6-17(24)7-3-15/h2-12H,13H2,1H3,(H,25,30). The van der Waals surface area contributed by atoms with Crippen LogP contribution in [0.1, 0.15) is 21.5 Å². The Morgan fingerprint density at radius 3 is 2.55 bits per heavy atom. The molecule has 4 aromatic rings. The molecular formula is C22H17BrFN5OS. The van der Waals surface area contributed by atoms with Gasteiger partial charge in [0.2, 0.25) is 5.16 Å². The third-order valence-corrected chi connectivity index (χ3v) is 6.39. The van der Waals surface area contributed by atoms with E-state index >= 15 is 0 Å². The average Bonchev–Trinajstić information content (AvgIpc) is 3.25. The van der Waals surface area contributed by atoms with Crippen LogP contribution in [0, 0.1) is 12.7 Å². The van der Waals surface area contributed by atoms with Gasteiger partial charge >= 0.3 is 0 Å². The van der Waals surface area contributed by atoms with Crippen molar-refractivity contribution in [1.29, 1.82) is 0 Å². The molecule has 1 heterocycles. The smallest absolute Gasteiger partial charge is 0.255 e. The molecule has 156 valence electrons. The molecule has 0 saturated carbocycles. The molecule has 0 spiro atoms. The number of rotatable bonds is 6. The number of anilines is 1. The lowest BCUT2D eigenvalue weighted by Crippen LogP contribution is -2.12. The molecule has 0 saturated heterocycles. The lowest BCUT2D eigenvalue weighted by Gasteiger charge is -2.08. The molecule has 31 heavy (non-hydrogen) atoms. The zero-order valence-electron chi connectivity index (χ0n) is 16.4. The predicted molar refractivity (Wildman–Crippen MR) is 122 cm³/mol. The number of halogens is 2. The van der Waals surface area contributed by atoms with Gasteiger partial charge in [-0.1, -0.05) is 39.8 Å². The first-order valence-corrected chi connectivity index (χ1v) is 11.1. The molecule has 9 heteroatoms. The van der Waals surface area contributed by atoms with E-state index in [2.05, 4.69) is 36.8 Å². The SMILES string of the molecule is Cc1cc(NC(=O)c2ccc(-n3nnnc3SCc3ccc(F)cc3)cc2)ccc1Br. The highest BCUT2D eigenvalue weighted by molar-refractivity contribution is 9.10. The van der Waals surface area contributed by atoms with E-state index in [0.717, 1.165) is 27.0 Å². The molecule has 0 unspecified atom stereocenters. The predicted octanol–water partition coefficient (Wildman–Crippen LogP) is 5.42. The molecule has 0 bridgehead atoms. The van der Waals surface area contributed by atoms with E-state index < -0.39 is 0 Å². The number of carbonyl (C=O) groups is 1. The molecule has 1 N–H and O–H groups in total. The summed E-state index contributed by atoms with van der Waals surface area (Å²) in [5.74, 6) is 0.141. The molecule has 1 aromatic heterocycles. The Morgan fingerprint density at radius 2 is 1.84 bits per heavy atom. The highest BCUT2D eigenvalue weighted by Gasteiger charge is 2.12. The van der Waals surface area contributed by atoms with Gasteiger partial charge in [0, 0.05) is 21.5 Å². The summed E-state index contributed by atoms with van der Waals surface area (Å²) in [4.78, 5) is 12.6. The zero-order valence-corrected chi connectivity index (χ0v) is 18.8. The van der Waals surface area contributed by atoms with Gasteiger partial charge in [0.05, 0.1) is 5.69 Å². The van der Waals surface area contributed by atoms with Crippen molar-refractivity contribution in [2.45, 2.75) is 17.8 Å². The van der Waals surface area contributed by atoms with Gasteiger partial charge in [-0.2, -0.15) is 4.68 Å². The van der Waals surface area contributed by atoms with E-state index in [0.29, 0.717) is 16.5 Å². The summed E-state index contributed by atoms with van der Waals surface area (Å²) in [6, 6.07) is 19.0. The van der Waals surface area contributed by atoms with Crippen molar-refractivity contribution in [3.05, 3.63) is 93.7 Å². The third kappa shape index (κ3) is 5.18. The number of aryl methyl sites for hydroxylation is 1. The van der Waals surface area contributed by atoms with Gasteiger partial charge in [-0.25, -0.2) is 4.39 Å². The van der Waals surface area contributed by atoms with Crippen molar-refractivity contribution in [3.8, 4) is 5.69 Å². The number of nitrogens with zero attached hydrogens (tertiary/aromatic N) is 4. The Kier molecular flexibility index (Phi) is 6.43. The van der Waals surface area contributed by atoms with Gasteiger partial charge in [-0.15, -0.1) is 5.10 Å². The van der Waals surface area contributed by atoms with Gasteiger partial charge in [-0.3, -0.25) is 4.79 Å². The van der Waals surface area contributed by atoms with Crippen molar-refractivity contribution in [3.63, 3.8) is 0 Å². The summed E-state index contributed by atoms with van der Waals surface area (Å²) in [6.07, 6.45) is 0. The van der Waals surface area contributed by atoms with Crippen molar-refractivity contribution in [1.82, 2.24) is 20.2 Å². The molecule has 0 aliphatic carbocycles. The summed E-state index contributed by atoms with van der Waals surface area (Å²) in [5.41, 5.74) is 4.00. The van der Waals surface area contributed by atoms with E-state index in [9.17, 15) is 9.18 Å². The van der Waals surface area contributed by atoms with Crippen LogP contribution in [0.3, 0.4) is 0 Å². The fraction of sp³-hybridized carbons (Fsp3) is 0.0909. The second kappa shape index (κ2) is 9.40. The minimum absolute atomic E-state index is 0.198. The summed E-state index contributed by atoms with van der Waals surface area (Å²) < 4.78 is 15.7. The molecule has 3 aromatic carbocycles. The Balaban J connectivity index is 1.44. The highest BCUT2D eigenvalue weighted by atomic mass is 79.9. The monoisotopic (exact) mass is 497 g/mol. The summed E-state index contributed by atoms with van der Waals surface area (Å²) in [6.45, 7) is 1.96. The average molecular weight is 498 g/mol. The van der Waals surface area contributed by atoms with Crippen LogP contribution in [0.5, 0.6) is 0 Å². The molecule has 0 fully saturated rings. The fourth-order valence-electron chi connectivity index (χ4n) is 2.84. The fourth-order valence-corrected chi connectivity index (χ4v) is 3.93. The van der Waals surface area contributed by atoms with E-state index in [-0.39, 0.29) is 11.7 Å². The maximum absolute atomic E-state index is 13.1. The van der Waals surface area contributed by atoms with Gasteiger partial charge in [0.15, 0.2) is 0 Å². The van der Waals surface area contributed by atoms with Crippen LogP contribution in [0.2, 0.25) is 0 Å². The number of thioether (sulfide) groups is 1. The molecule has 1 amide bonds. The Bertz CT molecular complexity index is 1210. The van der Waals surface area contributed by atoms with Crippen molar-refractivity contribution >= 4 is 39.3 Å². The van der Waals surface area contributed by atoms with Gasteiger partial charge in [0.1, 0.15) is 5.82 Å². The second-order valence-corrected chi connectivity index (χ2v) is 8.55. The van der Waals surface area contributed by atoms with Crippen LogP contribution < -0.4 is 5.32 Å². The van der Waals surface area contributed by atoms with E-state index in [1.165, 1.54) is 23.9 Å². The first kappa shape index (κ1) is 21.2. The molecule has 0 radical (unpaired) electrons. The maximum atomic E-state index is 13.1. The zero-order chi connectivity index (χ0) is 21.8. The topological polar surface area (TPSA) is 72.7 Å². The molecule has 6 nitrogen and oxygen atoms in total. The number of hydrogen-bond donors (Lipinski definition) is 1. The quantitative estimate of drug-likeness (QED) is 0.360. The number of tetrazole rings is 1. The van der Waals surface area contributed by atoms with E-state index in [1.54, 1.807) is 41.1 Å². The largest absolute Gasteiger partial charge is 0.322 e. The minimum atomic E-state index is -0.266. The summed E-state index contributed by atoms with van der Waals surface area (Å²) in [7, 11) is 0. The van der Waals surface area contributed by atoms with Crippen LogP contribution in [0.25, 0.3) is 5.69 Å². The maximum Gasteiger partial charge on any atom is 0.255 e. The van der Waals surface area contributed by atoms with E-state index in [4.69, 9.17) is 0 Å². The van der Waals surface area contributed by atoms with Crippen molar-refractivity contribution in [2.24, 2.45) is 0 Å². The van der Waals surface area contributed by atoms with E-state index in [1.807, 2.05) is 25.1 Å². The summed E-state index contributed by atoms with van der Waals surface area (Å²) in [5, 5.41) is 15.4. The van der Waals surface area contributed by atoms with Crippen LogP contribution >= 0.6 is 27.7 Å². The molecule has 4 rings (SSSR count). The first-order chi connectivity index (χ1) is 15.0. The summed E-state index contributed by atoms with van der Waals surface area (Å²) >= 11 is 4.90. The second-order valence-electron chi connectivity index (χ2n) is 6.75. The van der Waals surface area contributed by atoms with Gasteiger partial charge in [0.25, 0.3) is 5.91 Å². The van der Waals surface area contributed by atoms with Gasteiger partial charge < -0.3 is 5.32 Å². The molecule has 0 aliphatic rings. The lowest BCUT2D eigenvalue weighted by molar-refractivity contribution is 0.102. The number of amides is 1. The molecule has 0 aliphatic heterocycles. The minimum Gasteiger partial charge on any atom is -0.322 e. The normalized spacial score (nSPS) is 10.8. The Labute approximate surface area is 191 Å². The number of nitrogens with one attached hydrogen (secondary N) is 1. The Morgan fingerprint density at radius 1 is 1.10 bits per heavy atom. The third-order valence-electron chi connectivity index (χ3n) is 4.51.